The van der Waals surface area contributed by atoms with Crippen molar-refractivity contribution >= 4 is 34.3 Å². The molecule has 3 N–H and O–H groups in total. The zero-order chi connectivity index (χ0) is 28.9. The number of nitrogens with zero attached hydrogens (tertiary/aromatic N) is 2. The lowest BCUT2D eigenvalue weighted by Gasteiger charge is -2.11. The van der Waals surface area contributed by atoms with Crippen molar-refractivity contribution in [3.8, 4) is 22.5 Å². The lowest BCUT2D eigenvalue weighted by molar-refractivity contribution is 0.262. The molecule has 208 valence electrons. The molecule has 0 aliphatic heterocycles. The Bertz CT molecular complexity index is 1820. The number of benzene rings is 4. The highest BCUT2D eigenvalue weighted by Crippen LogP contribution is 2.42. The van der Waals surface area contributed by atoms with Crippen LogP contribution in [0.15, 0.2) is 114 Å². The summed E-state index contributed by atoms with van der Waals surface area (Å²) in [6.07, 6.45) is 2.15. The predicted molar refractivity (Wildman–Crippen MR) is 160 cm³/mol. The van der Waals surface area contributed by atoms with E-state index in [0.29, 0.717) is 30.2 Å². The van der Waals surface area contributed by atoms with E-state index in [0.717, 1.165) is 45.5 Å². The number of carbonyl (C=O) groups excluding carboxylic acids is 1. The molecular formula is C33H25F2N5O2. The number of furan rings is 1. The molecule has 0 saturated carbocycles. The van der Waals surface area contributed by atoms with Crippen LogP contribution in [0.3, 0.4) is 0 Å². The van der Waals surface area contributed by atoms with Crippen LogP contribution in [0.1, 0.15) is 5.56 Å². The summed E-state index contributed by atoms with van der Waals surface area (Å²) in [5, 5.41) is 9.03. The van der Waals surface area contributed by atoms with E-state index >= 15 is 0 Å². The quantitative estimate of drug-likeness (QED) is 0.174. The predicted octanol–water partition coefficient (Wildman–Crippen LogP) is 8.13. The molecule has 9 heteroatoms. The van der Waals surface area contributed by atoms with Crippen molar-refractivity contribution in [2.45, 2.75) is 6.42 Å². The molecule has 2 aromatic heterocycles. The van der Waals surface area contributed by atoms with E-state index in [1.165, 1.54) is 12.4 Å². The van der Waals surface area contributed by atoms with Gasteiger partial charge in [0.25, 0.3) is 0 Å². The zero-order valence-corrected chi connectivity index (χ0v) is 22.3. The van der Waals surface area contributed by atoms with Crippen LogP contribution >= 0.6 is 0 Å². The van der Waals surface area contributed by atoms with Gasteiger partial charge in [0.15, 0.2) is 0 Å². The Morgan fingerprint density at radius 1 is 0.738 bits per heavy atom. The highest BCUT2D eigenvalue weighted by molar-refractivity contribution is 6.05. The lowest BCUT2D eigenvalue weighted by atomic mass is 9.99. The number of nitrogens with one attached hydrogen (secondary N) is 3. The van der Waals surface area contributed by atoms with Crippen molar-refractivity contribution in [1.82, 2.24) is 9.97 Å². The Labute approximate surface area is 240 Å². The number of anilines is 3. The molecule has 0 radical (unpaired) electrons. The van der Waals surface area contributed by atoms with Gasteiger partial charge < -0.3 is 20.4 Å². The monoisotopic (exact) mass is 561 g/mol. The first-order valence-corrected chi connectivity index (χ1v) is 13.3. The lowest BCUT2D eigenvalue weighted by Crippen LogP contribution is -2.21. The van der Waals surface area contributed by atoms with E-state index in [2.05, 4.69) is 25.9 Å². The van der Waals surface area contributed by atoms with Crippen molar-refractivity contribution in [2.24, 2.45) is 0 Å². The molecule has 0 atom stereocenters. The van der Waals surface area contributed by atoms with E-state index < -0.39 is 23.4 Å². The molecule has 4 aromatic carbocycles. The molecule has 2 amide bonds. The van der Waals surface area contributed by atoms with E-state index in [1.807, 2.05) is 72.8 Å². The van der Waals surface area contributed by atoms with Crippen LogP contribution in [0.2, 0.25) is 0 Å². The van der Waals surface area contributed by atoms with Crippen molar-refractivity contribution in [1.29, 1.82) is 0 Å². The molecule has 7 nitrogen and oxygen atoms in total. The fourth-order valence-corrected chi connectivity index (χ4v) is 4.71. The van der Waals surface area contributed by atoms with Gasteiger partial charge in [-0.25, -0.2) is 23.5 Å². The van der Waals surface area contributed by atoms with Gasteiger partial charge in [-0.2, -0.15) is 0 Å². The van der Waals surface area contributed by atoms with Gasteiger partial charge in [-0.05, 0) is 41.8 Å². The Balaban J connectivity index is 1.16. The van der Waals surface area contributed by atoms with Crippen LogP contribution in [0.4, 0.5) is 30.8 Å². The van der Waals surface area contributed by atoms with E-state index in [4.69, 9.17) is 4.42 Å². The van der Waals surface area contributed by atoms with Crippen LogP contribution in [-0.4, -0.2) is 22.5 Å². The summed E-state index contributed by atoms with van der Waals surface area (Å²) in [5.74, 6) is -0.307. The summed E-state index contributed by atoms with van der Waals surface area (Å²) in [7, 11) is 0. The normalized spacial score (nSPS) is 10.9. The van der Waals surface area contributed by atoms with Gasteiger partial charge in [-0.15, -0.1) is 0 Å². The van der Waals surface area contributed by atoms with Gasteiger partial charge in [0.2, 0.25) is 5.71 Å². The molecule has 42 heavy (non-hydrogen) atoms. The number of carbonyl (C=O) groups is 1. The first-order chi connectivity index (χ1) is 20.6. The fraction of sp³-hybridized carbons (Fsp3) is 0.0606. The van der Waals surface area contributed by atoms with Crippen LogP contribution < -0.4 is 16.0 Å². The number of hydrogen-bond donors (Lipinski definition) is 3. The standard InChI is InChI=1S/C33H25F2N5O2/c34-25-12-7-13-26(35)29(25)40-33(41)39-24-16-14-21(15-17-24)18-19-36-31-28-27(22-8-3-1-4-9-22)30(23-10-5-2-6-11-23)42-32(28)38-20-37-31/h1-17,20H,18-19H2,(H,36,37,38)(H2,39,40,41). The number of halogens is 2. The summed E-state index contributed by atoms with van der Waals surface area (Å²) >= 11 is 0. The van der Waals surface area contributed by atoms with Crippen molar-refractivity contribution in [3.05, 3.63) is 127 Å². The average Bonchev–Trinajstić information content (AvgIpc) is 3.42. The number of amides is 2. The highest BCUT2D eigenvalue weighted by atomic mass is 19.1. The molecule has 0 fully saturated rings. The third-order valence-corrected chi connectivity index (χ3v) is 6.71. The molecular weight excluding hydrogens is 536 g/mol. The molecule has 0 unspecified atom stereocenters. The van der Waals surface area contributed by atoms with Gasteiger partial charge in [0.1, 0.15) is 35.2 Å². The minimum Gasteiger partial charge on any atom is -0.437 e. The SMILES string of the molecule is O=C(Nc1ccc(CCNc2ncnc3oc(-c4ccccc4)c(-c4ccccc4)c23)cc1)Nc1c(F)cccc1F. The Morgan fingerprint density at radius 3 is 2.10 bits per heavy atom. The van der Waals surface area contributed by atoms with Crippen LogP contribution in [0.5, 0.6) is 0 Å². The second-order valence-corrected chi connectivity index (χ2v) is 9.49. The molecule has 6 aromatic rings. The Kier molecular flexibility index (Phi) is 7.54. The molecule has 0 bridgehead atoms. The van der Waals surface area contributed by atoms with Crippen LogP contribution in [0.25, 0.3) is 33.6 Å². The topological polar surface area (TPSA) is 92.1 Å². The number of hydrogen-bond acceptors (Lipinski definition) is 5. The minimum atomic E-state index is -0.850. The number of para-hydroxylation sites is 1. The van der Waals surface area contributed by atoms with Crippen molar-refractivity contribution < 1.29 is 18.0 Å². The second-order valence-electron chi connectivity index (χ2n) is 9.49. The van der Waals surface area contributed by atoms with E-state index in [-0.39, 0.29) is 0 Å². The van der Waals surface area contributed by atoms with Gasteiger partial charge in [0, 0.05) is 23.4 Å². The smallest absolute Gasteiger partial charge is 0.323 e. The second kappa shape index (κ2) is 11.9. The zero-order valence-electron chi connectivity index (χ0n) is 22.3. The fourth-order valence-electron chi connectivity index (χ4n) is 4.71. The van der Waals surface area contributed by atoms with Gasteiger partial charge >= 0.3 is 6.03 Å². The van der Waals surface area contributed by atoms with Gasteiger partial charge in [-0.1, -0.05) is 78.9 Å². The summed E-state index contributed by atoms with van der Waals surface area (Å²) in [6, 6.07) is 29.8. The van der Waals surface area contributed by atoms with Gasteiger partial charge in [0.05, 0.1) is 5.39 Å². The summed E-state index contributed by atoms with van der Waals surface area (Å²) in [4.78, 5) is 21.2. The van der Waals surface area contributed by atoms with Crippen molar-refractivity contribution in [3.63, 3.8) is 0 Å². The maximum atomic E-state index is 13.8. The first-order valence-electron chi connectivity index (χ1n) is 13.3. The summed E-state index contributed by atoms with van der Waals surface area (Å²) in [5.41, 5.74) is 4.36. The maximum absolute atomic E-state index is 13.8. The first kappa shape index (κ1) is 26.6. The number of urea groups is 1. The van der Waals surface area contributed by atoms with E-state index in [1.54, 1.807) is 12.1 Å². The third-order valence-electron chi connectivity index (χ3n) is 6.71. The highest BCUT2D eigenvalue weighted by Gasteiger charge is 2.22. The number of fused-ring (bicyclic) bond motifs is 1. The van der Waals surface area contributed by atoms with Crippen LogP contribution in [0, 0.1) is 11.6 Å². The molecule has 0 aliphatic carbocycles. The molecule has 2 heterocycles. The average molecular weight is 562 g/mol. The van der Waals surface area contributed by atoms with Crippen molar-refractivity contribution in [2.75, 3.05) is 22.5 Å². The maximum Gasteiger partial charge on any atom is 0.323 e. The Hall–Kier alpha value is -5.57. The minimum absolute atomic E-state index is 0.484. The Morgan fingerprint density at radius 2 is 1.40 bits per heavy atom. The molecule has 6 rings (SSSR count). The number of rotatable bonds is 8. The van der Waals surface area contributed by atoms with Gasteiger partial charge in [-0.3, -0.25) is 0 Å². The summed E-state index contributed by atoms with van der Waals surface area (Å²) in [6.45, 7) is 0.575. The third kappa shape index (κ3) is 5.66. The summed E-state index contributed by atoms with van der Waals surface area (Å²) < 4.78 is 33.9. The number of aromatic nitrogens is 2. The molecule has 0 aliphatic rings. The largest absolute Gasteiger partial charge is 0.437 e. The van der Waals surface area contributed by atoms with E-state index in [9.17, 15) is 13.6 Å². The molecule has 0 saturated heterocycles. The molecule has 0 spiro atoms. The van der Waals surface area contributed by atoms with Crippen LogP contribution in [-0.2, 0) is 6.42 Å².